The van der Waals surface area contributed by atoms with Crippen molar-refractivity contribution in [3.05, 3.63) is 57.8 Å². The predicted octanol–water partition coefficient (Wildman–Crippen LogP) is 6.26. The smallest absolute Gasteiger partial charge is 0.101 e. The van der Waals surface area contributed by atoms with Gasteiger partial charge in [-0.2, -0.15) is 0 Å². The average Bonchev–Trinajstić information content (AvgIpc) is 3.36. The minimum atomic E-state index is 0.902. The van der Waals surface area contributed by atoms with Crippen LogP contribution in [0.15, 0.2) is 35.0 Å². The fourth-order valence-electron chi connectivity index (χ4n) is 3.44. The highest BCUT2D eigenvalue weighted by molar-refractivity contribution is 7.14. The molecule has 5 aromatic rings. The Labute approximate surface area is 171 Å². The Kier molecular flexibility index (Phi) is 4.00. The van der Waals surface area contributed by atoms with Crippen molar-refractivity contribution in [2.75, 3.05) is 0 Å². The fourth-order valence-corrected chi connectivity index (χ4v) is 4.98. The second-order valence-electron chi connectivity index (χ2n) is 6.89. The summed E-state index contributed by atoms with van der Waals surface area (Å²) in [4.78, 5) is 22.2. The zero-order chi connectivity index (χ0) is 19.4. The van der Waals surface area contributed by atoms with Gasteiger partial charge in [0, 0.05) is 20.9 Å². The summed E-state index contributed by atoms with van der Waals surface area (Å²) in [7, 11) is 0. The van der Waals surface area contributed by atoms with E-state index in [9.17, 15) is 0 Å². The minimum Gasteiger partial charge on any atom is -0.249 e. The van der Waals surface area contributed by atoms with E-state index in [1.54, 1.807) is 22.7 Å². The van der Waals surface area contributed by atoms with Gasteiger partial charge in [-0.1, -0.05) is 12.1 Å². The van der Waals surface area contributed by atoms with Gasteiger partial charge >= 0.3 is 0 Å². The van der Waals surface area contributed by atoms with Crippen LogP contribution in [0.3, 0.4) is 0 Å². The monoisotopic (exact) mass is 402 g/mol. The molecule has 0 fully saturated rings. The first-order valence-electron chi connectivity index (χ1n) is 9.08. The van der Waals surface area contributed by atoms with E-state index in [1.807, 2.05) is 27.7 Å². The van der Waals surface area contributed by atoms with Gasteiger partial charge in [-0.15, -0.1) is 22.7 Å². The first-order valence-corrected chi connectivity index (χ1v) is 10.8. The molecule has 28 heavy (non-hydrogen) atoms. The van der Waals surface area contributed by atoms with Crippen molar-refractivity contribution < 1.29 is 0 Å². The molecule has 6 heteroatoms. The zero-order valence-corrected chi connectivity index (χ0v) is 17.7. The molecule has 0 spiro atoms. The largest absolute Gasteiger partial charge is 0.249 e. The molecule has 138 valence electrons. The van der Waals surface area contributed by atoms with Gasteiger partial charge in [-0.05, 0) is 50.6 Å². The van der Waals surface area contributed by atoms with Gasteiger partial charge < -0.3 is 0 Å². The zero-order valence-electron chi connectivity index (χ0n) is 16.1. The molecule has 0 atom stereocenters. The van der Waals surface area contributed by atoms with Crippen molar-refractivity contribution in [3.8, 4) is 20.9 Å². The molecule has 0 saturated heterocycles. The van der Waals surface area contributed by atoms with E-state index in [0.717, 1.165) is 65.7 Å². The highest BCUT2D eigenvalue weighted by Crippen LogP contribution is 2.43. The molecule has 0 aliphatic rings. The first-order chi connectivity index (χ1) is 13.5. The molecular formula is C22H18N4S2. The Morgan fingerprint density at radius 3 is 1.11 bits per heavy atom. The number of aryl methyl sites for hydroxylation is 4. The Morgan fingerprint density at radius 2 is 0.857 bits per heavy atom. The molecule has 0 amide bonds. The van der Waals surface area contributed by atoms with Gasteiger partial charge in [0.05, 0.1) is 22.8 Å². The predicted molar refractivity (Wildman–Crippen MR) is 118 cm³/mol. The summed E-state index contributed by atoms with van der Waals surface area (Å²) < 4.78 is 0. The highest BCUT2D eigenvalue weighted by Gasteiger charge is 2.23. The number of rotatable bonds is 2. The summed E-state index contributed by atoms with van der Waals surface area (Å²) >= 11 is 3.39. The lowest BCUT2D eigenvalue weighted by Crippen LogP contribution is -2.02. The number of benzene rings is 1. The molecule has 4 nitrogen and oxygen atoms in total. The molecule has 0 radical (unpaired) electrons. The third-order valence-corrected chi connectivity index (χ3v) is 6.87. The van der Waals surface area contributed by atoms with Gasteiger partial charge in [-0.3, -0.25) is 0 Å². The Hall–Kier alpha value is -2.70. The summed E-state index contributed by atoms with van der Waals surface area (Å²) in [5.41, 5.74) is 9.45. The van der Waals surface area contributed by atoms with E-state index < -0.39 is 0 Å². The second kappa shape index (κ2) is 6.43. The lowest BCUT2D eigenvalue weighted by molar-refractivity contribution is 1.09. The molecule has 0 bridgehead atoms. The van der Waals surface area contributed by atoms with Crippen LogP contribution in [0.4, 0.5) is 0 Å². The van der Waals surface area contributed by atoms with Crippen molar-refractivity contribution in [3.63, 3.8) is 0 Å². The second-order valence-corrected chi connectivity index (χ2v) is 8.78. The topological polar surface area (TPSA) is 51.6 Å². The standard InChI is InChI=1S/C22H18N4S2/c1-11-12(2)24-20-18(16-8-6-10-28-16)22-21(25-13(3)14(4)26-22)17(19(20)23-11)15-7-5-9-27-15/h5-10H,1-4H3. The van der Waals surface area contributed by atoms with Crippen LogP contribution in [0.2, 0.25) is 0 Å². The van der Waals surface area contributed by atoms with E-state index in [-0.39, 0.29) is 0 Å². The minimum absolute atomic E-state index is 0.902. The lowest BCUT2D eigenvalue weighted by atomic mass is 10.0. The number of thiophene rings is 2. The van der Waals surface area contributed by atoms with E-state index >= 15 is 0 Å². The van der Waals surface area contributed by atoms with Crippen molar-refractivity contribution in [1.82, 2.24) is 19.9 Å². The van der Waals surface area contributed by atoms with Gasteiger partial charge in [0.25, 0.3) is 0 Å². The Morgan fingerprint density at radius 1 is 0.536 bits per heavy atom. The maximum Gasteiger partial charge on any atom is 0.101 e. The van der Waals surface area contributed by atoms with Crippen LogP contribution < -0.4 is 0 Å². The molecule has 0 unspecified atom stereocenters. The molecular weight excluding hydrogens is 384 g/mol. The van der Waals surface area contributed by atoms with E-state index in [2.05, 4.69) is 35.0 Å². The highest BCUT2D eigenvalue weighted by atomic mass is 32.1. The number of fused-ring (bicyclic) bond motifs is 2. The molecule has 0 aliphatic heterocycles. The molecule has 4 heterocycles. The summed E-state index contributed by atoms with van der Waals surface area (Å²) in [6, 6.07) is 8.37. The SMILES string of the molecule is Cc1nc2c(-c3cccs3)c3nc(C)c(C)nc3c(-c3cccs3)c2nc1C. The summed E-state index contributed by atoms with van der Waals surface area (Å²) in [6.45, 7) is 8.06. The molecule has 4 aromatic heterocycles. The normalized spacial score (nSPS) is 11.6. The third kappa shape index (κ3) is 2.56. The molecule has 0 N–H and O–H groups in total. The number of nitrogens with zero attached hydrogens (tertiary/aromatic N) is 4. The quantitative estimate of drug-likeness (QED) is 0.327. The van der Waals surface area contributed by atoms with E-state index in [1.165, 1.54) is 0 Å². The summed E-state index contributed by atoms with van der Waals surface area (Å²) in [5.74, 6) is 0. The lowest BCUT2D eigenvalue weighted by Gasteiger charge is -2.15. The van der Waals surface area contributed by atoms with Crippen LogP contribution in [0, 0.1) is 27.7 Å². The van der Waals surface area contributed by atoms with Crippen LogP contribution in [0.5, 0.6) is 0 Å². The van der Waals surface area contributed by atoms with Crippen LogP contribution in [-0.2, 0) is 0 Å². The van der Waals surface area contributed by atoms with Crippen molar-refractivity contribution in [1.29, 1.82) is 0 Å². The van der Waals surface area contributed by atoms with E-state index in [4.69, 9.17) is 19.9 Å². The van der Waals surface area contributed by atoms with Gasteiger partial charge in [0.2, 0.25) is 0 Å². The van der Waals surface area contributed by atoms with Gasteiger partial charge in [0.15, 0.2) is 0 Å². The number of aromatic nitrogens is 4. The molecule has 5 rings (SSSR count). The van der Waals surface area contributed by atoms with Crippen molar-refractivity contribution in [2.24, 2.45) is 0 Å². The third-order valence-electron chi connectivity index (χ3n) is 5.10. The van der Waals surface area contributed by atoms with Crippen LogP contribution in [0.25, 0.3) is 42.9 Å². The van der Waals surface area contributed by atoms with Crippen molar-refractivity contribution in [2.45, 2.75) is 27.7 Å². The van der Waals surface area contributed by atoms with Gasteiger partial charge in [-0.25, -0.2) is 19.9 Å². The summed E-state index contributed by atoms with van der Waals surface area (Å²) in [6.07, 6.45) is 0. The Bertz CT molecular complexity index is 1160. The number of hydrogen-bond donors (Lipinski definition) is 0. The van der Waals surface area contributed by atoms with E-state index in [0.29, 0.717) is 0 Å². The average molecular weight is 403 g/mol. The molecule has 0 saturated carbocycles. The maximum atomic E-state index is 4.98. The fraction of sp³-hybridized carbons (Fsp3) is 0.182. The van der Waals surface area contributed by atoms with Crippen LogP contribution in [-0.4, -0.2) is 19.9 Å². The maximum absolute atomic E-state index is 4.98. The van der Waals surface area contributed by atoms with Crippen LogP contribution >= 0.6 is 22.7 Å². The number of hydrogen-bond acceptors (Lipinski definition) is 6. The summed E-state index contributed by atoms with van der Waals surface area (Å²) in [5, 5.41) is 4.17. The molecule has 1 aromatic carbocycles. The van der Waals surface area contributed by atoms with Gasteiger partial charge in [0.1, 0.15) is 22.1 Å². The first kappa shape index (κ1) is 17.4. The van der Waals surface area contributed by atoms with Crippen molar-refractivity contribution >= 4 is 44.7 Å². The van der Waals surface area contributed by atoms with Crippen LogP contribution in [0.1, 0.15) is 22.8 Å². The molecule has 0 aliphatic carbocycles. The Balaban J connectivity index is 2.10.